The van der Waals surface area contributed by atoms with Crippen molar-refractivity contribution in [2.45, 2.75) is 70.4 Å². The second-order valence-corrected chi connectivity index (χ2v) is 7.18. The van der Waals surface area contributed by atoms with Gasteiger partial charge in [-0.25, -0.2) is 0 Å². The Balaban J connectivity index is 1.55. The molecule has 2 heteroatoms. The van der Waals surface area contributed by atoms with Gasteiger partial charge in [0.25, 0.3) is 0 Å². The molecule has 0 radical (unpaired) electrons. The van der Waals surface area contributed by atoms with Gasteiger partial charge in [-0.3, -0.25) is 0 Å². The van der Waals surface area contributed by atoms with Crippen molar-refractivity contribution < 1.29 is 0 Å². The molecule has 3 saturated carbocycles. The third-order valence-corrected chi connectivity index (χ3v) is 6.12. The van der Waals surface area contributed by atoms with Gasteiger partial charge in [0.15, 0.2) is 0 Å². The van der Waals surface area contributed by atoms with Crippen LogP contribution >= 0.6 is 0 Å². The summed E-state index contributed by atoms with van der Waals surface area (Å²) in [7, 11) is 0. The molecular weight excluding hydrogens is 220 g/mol. The second kappa shape index (κ2) is 5.50. The number of nitrogens with one attached hydrogen (secondary N) is 1. The number of hydrogen-bond acceptors (Lipinski definition) is 2. The van der Waals surface area contributed by atoms with Crippen LogP contribution in [-0.4, -0.2) is 18.6 Å². The van der Waals surface area contributed by atoms with Gasteiger partial charge < -0.3 is 11.1 Å². The Kier molecular flexibility index (Phi) is 3.95. The van der Waals surface area contributed by atoms with E-state index >= 15 is 0 Å². The van der Waals surface area contributed by atoms with E-state index in [0.717, 1.165) is 36.3 Å². The molecule has 3 N–H and O–H groups in total. The third kappa shape index (κ3) is 2.46. The van der Waals surface area contributed by atoms with Crippen molar-refractivity contribution in [3.05, 3.63) is 0 Å². The highest BCUT2D eigenvalue weighted by atomic mass is 15.0. The van der Waals surface area contributed by atoms with Crippen LogP contribution in [0.5, 0.6) is 0 Å². The zero-order valence-electron chi connectivity index (χ0n) is 11.9. The Bertz CT molecular complexity index is 278. The average molecular weight is 250 g/mol. The molecular formula is C16H30N2. The molecule has 0 heterocycles. The van der Waals surface area contributed by atoms with E-state index < -0.39 is 0 Å². The van der Waals surface area contributed by atoms with E-state index in [2.05, 4.69) is 12.2 Å². The van der Waals surface area contributed by atoms with Crippen molar-refractivity contribution in [2.24, 2.45) is 29.4 Å². The van der Waals surface area contributed by atoms with Crippen LogP contribution in [0.4, 0.5) is 0 Å². The van der Waals surface area contributed by atoms with E-state index in [9.17, 15) is 0 Å². The van der Waals surface area contributed by atoms with Gasteiger partial charge in [-0.1, -0.05) is 19.3 Å². The third-order valence-electron chi connectivity index (χ3n) is 6.12. The standard InChI is InChI=1S/C16H30N2/c1-11(15-9-12-6-7-13(15)8-12)18-16-5-3-2-4-14(16)10-17/h11-16,18H,2-10,17H2,1H3. The molecule has 2 bridgehead atoms. The molecule has 3 fully saturated rings. The number of fused-ring (bicyclic) bond motifs is 2. The predicted molar refractivity (Wildman–Crippen MR) is 76.3 cm³/mol. The normalized spacial score (nSPS) is 45.3. The van der Waals surface area contributed by atoms with Gasteiger partial charge in [-0.05, 0) is 69.2 Å². The second-order valence-electron chi connectivity index (χ2n) is 7.18. The van der Waals surface area contributed by atoms with Gasteiger partial charge >= 0.3 is 0 Å². The van der Waals surface area contributed by atoms with Crippen LogP contribution in [0.15, 0.2) is 0 Å². The Morgan fingerprint density at radius 3 is 2.61 bits per heavy atom. The molecule has 6 atom stereocenters. The van der Waals surface area contributed by atoms with Gasteiger partial charge in [-0.15, -0.1) is 0 Å². The number of rotatable bonds is 4. The van der Waals surface area contributed by atoms with Crippen LogP contribution in [0.1, 0.15) is 58.3 Å². The van der Waals surface area contributed by atoms with Gasteiger partial charge in [-0.2, -0.15) is 0 Å². The van der Waals surface area contributed by atoms with E-state index in [0.29, 0.717) is 6.04 Å². The molecule has 104 valence electrons. The highest BCUT2D eigenvalue weighted by Crippen LogP contribution is 2.49. The molecule has 0 saturated heterocycles. The minimum atomic E-state index is 0.706. The molecule has 0 aromatic heterocycles. The summed E-state index contributed by atoms with van der Waals surface area (Å²) in [5.74, 6) is 3.81. The summed E-state index contributed by atoms with van der Waals surface area (Å²) in [5, 5.41) is 3.97. The minimum absolute atomic E-state index is 0.706. The fourth-order valence-corrected chi connectivity index (χ4v) is 5.08. The summed E-state index contributed by atoms with van der Waals surface area (Å²) in [6.45, 7) is 3.31. The van der Waals surface area contributed by atoms with Crippen LogP contribution in [-0.2, 0) is 0 Å². The SMILES string of the molecule is CC(NC1CCCCC1CN)C1CC2CCC1C2. The van der Waals surface area contributed by atoms with Gasteiger partial charge in [0.2, 0.25) is 0 Å². The number of nitrogens with two attached hydrogens (primary N) is 1. The zero-order valence-corrected chi connectivity index (χ0v) is 11.9. The first-order chi connectivity index (χ1) is 8.78. The predicted octanol–water partition coefficient (Wildman–Crippen LogP) is 2.92. The smallest absolute Gasteiger partial charge is 0.0110 e. The molecule has 6 unspecified atom stereocenters. The average Bonchev–Trinajstić information content (AvgIpc) is 3.01. The fraction of sp³-hybridized carbons (Fsp3) is 1.00. The minimum Gasteiger partial charge on any atom is -0.330 e. The first-order valence-corrected chi connectivity index (χ1v) is 8.24. The lowest BCUT2D eigenvalue weighted by atomic mass is 9.80. The van der Waals surface area contributed by atoms with Crippen LogP contribution < -0.4 is 11.1 Å². The van der Waals surface area contributed by atoms with Gasteiger partial charge in [0.1, 0.15) is 0 Å². The highest BCUT2D eigenvalue weighted by Gasteiger charge is 2.42. The lowest BCUT2D eigenvalue weighted by molar-refractivity contribution is 0.194. The quantitative estimate of drug-likeness (QED) is 0.805. The summed E-state index contributed by atoms with van der Waals surface area (Å²) >= 11 is 0. The van der Waals surface area contributed by atoms with Crippen molar-refractivity contribution in [3.8, 4) is 0 Å². The largest absolute Gasteiger partial charge is 0.330 e. The topological polar surface area (TPSA) is 38.0 Å². The zero-order chi connectivity index (χ0) is 12.5. The molecule has 0 aromatic rings. The van der Waals surface area contributed by atoms with Crippen molar-refractivity contribution in [2.75, 3.05) is 6.54 Å². The monoisotopic (exact) mass is 250 g/mol. The van der Waals surface area contributed by atoms with Gasteiger partial charge in [0.05, 0.1) is 0 Å². The van der Waals surface area contributed by atoms with Crippen molar-refractivity contribution >= 4 is 0 Å². The van der Waals surface area contributed by atoms with Crippen LogP contribution in [0.3, 0.4) is 0 Å². The summed E-state index contributed by atoms with van der Waals surface area (Å²) in [6, 6.07) is 1.43. The van der Waals surface area contributed by atoms with E-state index in [1.165, 1.54) is 51.4 Å². The fourth-order valence-electron chi connectivity index (χ4n) is 5.08. The van der Waals surface area contributed by atoms with E-state index in [-0.39, 0.29) is 0 Å². The van der Waals surface area contributed by atoms with E-state index in [1.807, 2.05) is 0 Å². The lowest BCUT2D eigenvalue weighted by Gasteiger charge is -2.37. The van der Waals surface area contributed by atoms with Crippen molar-refractivity contribution in [1.82, 2.24) is 5.32 Å². The van der Waals surface area contributed by atoms with Crippen LogP contribution in [0, 0.1) is 23.7 Å². The molecule has 0 aromatic carbocycles. The highest BCUT2D eigenvalue weighted by molar-refractivity contribution is 4.95. The lowest BCUT2D eigenvalue weighted by Crippen LogP contribution is -2.48. The van der Waals surface area contributed by atoms with Gasteiger partial charge in [0, 0.05) is 12.1 Å². The van der Waals surface area contributed by atoms with E-state index in [1.54, 1.807) is 0 Å². The molecule has 0 aliphatic heterocycles. The van der Waals surface area contributed by atoms with E-state index in [4.69, 9.17) is 5.73 Å². The molecule has 0 amide bonds. The molecule has 3 rings (SSSR count). The van der Waals surface area contributed by atoms with Crippen LogP contribution in [0.2, 0.25) is 0 Å². The molecule has 3 aliphatic carbocycles. The Labute approximate surface area is 112 Å². The Morgan fingerprint density at radius 2 is 1.94 bits per heavy atom. The first-order valence-electron chi connectivity index (χ1n) is 8.24. The summed E-state index contributed by atoms with van der Waals surface area (Å²) in [5.41, 5.74) is 5.94. The summed E-state index contributed by atoms with van der Waals surface area (Å²) in [6.07, 6.45) is 11.5. The maximum Gasteiger partial charge on any atom is 0.0110 e. The maximum absolute atomic E-state index is 5.94. The first kappa shape index (κ1) is 12.9. The maximum atomic E-state index is 5.94. The summed E-state index contributed by atoms with van der Waals surface area (Å²) < 4.78 is 0. The summed E-state index contributed by atoms with van der Waals surface area (Å²) in [4.78, 5) is 0. The Hall–Kier alpha value is -0.0800. The molecule has 3 aliphatic rings. The molecule has 2 nitrogen and oxygen atoms in total. The van der Waals surface area contributed by atoms with Crippen LogP contribution in [0.25, 0.3) is 0 Å². The van der Waals surface area contributed by atoms with Crippen molar-refractivity contribution in [1.29, 1.82) is 0 Å². The Morgan fingerprint density at radius 1 is 1.11 bits per heavy atom. The number of hydrogen-bond donors (Lipinski definition) is 2. The molecule has 18 heavy (non-hydrogen) atoms. The van der Waals surface area contributed by atoms with Crippen molar-refractivity contribution in [3.63, 3.8) is 0 Å². The molecule has 0 spiro atoms.